The molecule has 0 bridgehead atoms. The third-order valence-electron chi connectivity index (χ3n) is 8.57. The van der Waals surface area contributed by atoms with Gasteiger partial charge in [-0.1, -0.05) is 25.3 Å². The van der Waals surface area contributed by atoms with Crippen LogP contribution in [0.3, 0.4) is 0 Å². The Morgan fingerprint density at radius 1 is 1.02 bits per heavy atom. The summed E-state index contributed by atoms with van der Waals surface area (Å²) in [5.74, 6) is -0.231. The summed E-state index contributed by atoms with van der Waals surface area (Å²) < 4.78 is 44.9. The molecule has 2 heterocycles. The topological polar surface area (TPSA) is 109 Å². The molecule has 11 heteroatoms. The first-order valence-corrected chi connectivity index (χ1v) is 16.2. The zero-order chi connectivity index (χ0) is 29.3. The Hall–Kier alpha value is -3.05. The highest BCUT2D eigenvalue weighted by atomic mass is 32.2. The molecular formula is C30H41FN6O3S. The van der Waals surface area contributed by atoms with E-state index in [1.807, 2.05) is 13.8 Å². The molecule has 2 fully saturated rings. The highest BCUT2D eigenvalue weighted by Crippen LogP contribution is 2.30. The number of anilines is 2. The second-order valence-electron chi connectivity index (χ2n) is 12.0. The summed E-state index contributed by atoms with van der Waals surface area (Å²) in [7, 11) is 0.542. The Labute approximate surface area is 241 Å². The molecule has 0 aliphatic heterocycles. The van der Waals surface area contributed by atoms with Crippen molar-refractivity contribution >= 4 is 32.7 Å². The Bertz CT molecular complexity index is 1560. The fraction of sp³-hybridized carbons (Fsp3) is 0.567. The van der Waals surface area contributed by atoms with Gasteiger partial charge in [-0.2, -0.15) is 4.98 Å². The van der Waals surface area contributed by atoms with Crippen LogP contribution in [0.1, 0.15) is 77.7 Å². The molecular weight excluding hydrogens is 543 g/mol. The molecule has 0 amide bonds. The van der Waals surface area contributed by atoms with Gasteiger partial charge in [0.1, 0.15) is 11.5 Å². The summed E-state index contributed by atoms with van der Waals surface area (Å²) >= 11 is 0. The van der Waals surface area contributed by atoms with Crippen molar-refractivity contribution in [2.45, 2.75) is 95.0 Å². The van der Waals surface area contributed by atoms with Crippen LogP contribution in [-0.2, 0) is 10.0 Å². The number of rotatable bonds is 8. The average molecular weight is 585 g/mol. The minimum atomic E-state index is -3.69. The van der Waals surface area contributed by atoms with E-state index in [1.165, 1.54) is 12.1 Å². The summed E-state index contributed by atoms with van der Waals surface area (Å²) in [6, 6.07) is 6.54. The molecule has 2 saturated carbocycles. The van der Waals surface area contributed by atoms with E-state index < -0.39 is 21.1 Å². The Kier molecular flexibility index (Phi) is 8.65. The van der Waals surface area contributed by atoms with Gasteiger partial charge < -0.3 is 10.2 Å². The summed E-state index contributed by atoms with van der Waals surface area (Å²) in [6.45, 7) is 3.82. The fourth-order valence-corrected chi connectivity index (χ4v) is 7.76. The molecule has 5 rings (SSSR count). The third-order valence-corrected chi connectivity index (χ3v) is 10.4. The van der Waals surface area contributed by atoms with Crippen LogP contribution in [0.4, 0.5) is 16.0 Å². The first-order chi connectivity index (χ1) is 19.5. The van der Waals surface area contributed by atoms with Gasteiger partial charge in [0.2, 0.25) is 16.0 Å². The van der Waals surface area contributed by atoms with Crippen LogP contribution in [0.25, 0.3) is 22.2 Å². The van der Waals surface area contributed by atoms with Crippen LogP contribution in [-0.4, -0.2) is 59.3 Å². The Morgan fingerprint density at radius 2 is 1.73 bits per heavy atom. The number of hydrogen-bond donors (Lipinski definition) is 2. The summed E-state index contributed by atoms with van der Waals surface area (Å²) in [4.78, 5) is 25.2. The second-order valence-corrected chi connectivity index (χ2v) is 14.0. The molecule has 1 aromatic carbocycles. The van der Waals surface area contributed by atoms with Crippen LogP contribution in [0.5, 0.6) is 0 Å². The van der Waals surface area contributed by atoms with Crippen LogP contribution in [0.2, 0.25) is 0 Å². The number of sulfonamides is 1. The average Bonchev–Trinajstić information content (AvgIpc) is 2.94. The highest BCUT2D eigenvalue weighted by molar-refractivity contribution is 7.93. The molecule has 9 nitrogen and oxygen atoms in total. The van der Waals surface area contributed by atoms with Crippen molar-refractivity contribution in [2.75, 3.05) is 24.1 Å². The van der Waals surface area contributed by atoms with Crippen molar-refractivity contribution in [3.05, 3.63) is 46.6 Å². The van der Waals surface area contributed by atoms with Gasteiger partial charge in [0, 0.05) is 35.3 Å². The van der Waals surface area contributed by atoms with E-state index in [1.54, 1.807) is 22.9 Å². The summed E-state index contributed by atoms with van der Waals surface area (Å²) in [5.41, 5.74) is 0.787. The minimum Gasteiger partial charge on any atom is -0.351 e. The van der Waals surface area contributed by atoms with Gasteiger partial charge >= 0.3 is 0 Å². The number of aromatic nitrogens is 3. The van der Waals surface area contributed by atoms with Crippen molar-refractivity contribution in [3.8, 4) is 11.1 Å². The number of nitrogens with zero attached hydrogens (tertiary/aromatic N) is 4. The number of pyridine rings is 1. The number of benzene rings is 1. The maximum absolute atomic E-state index is 15.2. The van der Waals surface area contributed by atoms with Gasteiger partial charge in [0.15, 0.2) is 0 Å². The first-order valence-electron chi connectivity index (χ1n) is 14.7. The predicted octanol–water partition coefficient (Wildman–Crippen LogP) is 5.54. The number of halogens is 1. The Balaban J connectivity index is 1.42. The van der Waals surface area contributed by atoms with Gasteiger partial charge in [-0.15, -0.1) is 0 Å². The predicted molar refractivity (Wildman–Crippen MR) is 162 cm³/mol. The van der Waals surface area contributed by atoms with E-state index in [-0.39, 0.29) is 23.3 Å². The van der Waals surface area contributed by atoms with Crippen molar-refractivity contribution < 1.29 is 12.8 Å². The van der Waals surface area contributed by atoms with Gasteiger partial charge in [-0.3, -0.25) is 14.1 Å². The largest absolute Gasteiger partial charge is 0.351 e. The van der Waals surface area contributed by atoms with Gasteiger partial charge in [-0.25, -0.2) is 17.8 Å². The van der Waals surface area contributed by atoms with Crippen molar-refractivity contribution in [2.24, 2.45) is 0 Å². The molecule has 3 aromatic rings. The number of hydrogen-bond acceptors (Lipinski definition) is 7. The monoisotopic (exact) mass is 584 g/mol. The molecule has 0 unspecified atom stereocenters. The number of fused-ring (bicyclic) bond motifs is 1. The first kappa shape index (κ1) is 29.4. The van der Waals surface area contributed by atoms with E-state index in [4.69, 9.17) is 4.98 Å². The van der Waals surface area contributed by atoms with E-state index >= 15 is 4.39 Å². The van der Waals surface area contributed by atoms with Crippen LogP contribution in [0.15, 0.2) is 35.3 Å². The third kappa shape index (κ3) is 6.40. The molecule has 2 N–H and O–H groups in total. The quantitative estimate of drug-likeness (QED) is 0.358. The number of nitrogens with one attached hydrogen (secondary N) is 2. The minimum absolute atomic E-state index is 0.108. The molecule has 2 aliphatic rings. The normalized spacial score (nSPS) is 20.6. The van der Waals surface area contributed by atoms with Crippen molar-refractivity contribution in [1.29, 1.82) is 0 Å². The maximum atomic E-state index is 15.2. The highest BCUT2D eigenvalue weighted by Gasteiger charge is 2.28. The van der Waals surface area contributed by atoms with Crippen LogP contribution in [0, 0.1) is 5.82 Å². The van der Waals surface area contributed by atoms with Crippen LogP contribution >= 0.6 is 0 Å². The lowest BCUT2D eigenvalue weighted by atomic mass is 9.91. The lowest BCUT2D eigenvalue weighted by Crippen LogP contribution is -2.36. The maximum Gasteiger partial charge on any atom is 0.260 e. The zero-order valence-corrected chi connectivity index (χ0v) is 25.2. The fourth-order valence-electron chi connectivity index (χ4n) is 6.17. The molecule has 0 atom stereocenters. The molecule has 41 heavy (non-hydrogen) atoms. The lowest BCUT2D eigenvalue weighted by molar-refractivity contribution is 0.221. The lowest BCUT2D eigenvalue weighted by Gasteiger charge is -2.33. The van der Waals surface area contributed by atoms with E-state index in [2.05, 4.69) is 34.0 Å². The SMILES string of the molecule is CC(C)n1c(=O)c(-c2ccc(NS(=O)(=O)C3CCCCC3)c(F)c2)cc2cnc(N[C@H]3CC[C@H](N(C)C)CC3)nc21. The van der Waals surface area contributed by atoms with Crippen molar-refractivity contribution in [1.82, 2.24) is 19.4 Å². The van der Waals surface area contributed by atoms with E-state index in [0.29, 0.717) is 47.0 Å². The molecule has 0 saturated heterocycles. The molecule has 0 spiro atoms. The van der Waals surface area contributed by atoms with Gasteiger partial charge in [0.05, 0.1) is 10.9 Å². The smallest absolute Gasteiger partial charge is 0.260 e. The zero-order valence-electron chi connectivity index (χ0n) is 24.4. The molecule has 2 aliphatic carbocycles. The summed E-state index contributed by atoms with van der Waals surface area (Å²) in [6.07, 6.45) is 9.86. The summed E-state index contributed by atoms with van der Waals surface area (Å²) in [5, 5.41) is 3.61. The van der Waals surface area contributed by atoms with Gasteiger partial charge in [-0.05, 0) is 90.2 Å². The van der Waals surface area contributed by atoms with E-state index in [0.717, 1.165) is 44.9 Å². The van der Waals surface area contributed by atoms with Gasteiger partial charge in [0.25, 0.3) is 5.56 Å². The Morgan fingerprint density at radius 3 is 2.37 bits per heavy atom. The van der Waals surface area contributed by atoms with Crippen molar-refractivity contribution in [3.63, 3.8) is 0 Å². The molecule has 222 valence electrons. The van der Waals surface area contributed by atoms with Crippen LogP contribution < -0.4 is 15.6 Å². The second kappa shape index (κ2) is 12.1. The standard InChI is InChI=1S/C30H41FN6O3S/c1-19(2)37-28-21(18-32-30(34-28)33-22-11-13-23(14-12-22)36(3)4)16-25(29(37)38)20-10-15-27(26(31)17-20)35-41(39,40)24-8-6-5-7-9-24/h10,15-19,22-24,35H,5-9,11-14H2,1-4H3,(H,32,33,34)/t22-,23-. The van der Waals surface area contributed by atoms with E-state index in [9.17, 15) is 13.2 Å². The molecule has 2 aromatic heterocycles. The molecule has 0 radical (unpaired) electrons.